The van der Waals surface area contributed by atoms with Crippen molar-refractivity contribution in [3.05, 3.63) is 59.7 Å². The Bertz CT molecular complexity index is 837. The van der Waals surface area contributed by atoms with Crippen LogP contribution in [-0.2, 0) is 12.3 Å². The van der Waals surface area contributed by atoms with Gasteiger partial charge in [0, 0.05) is 37.6 Å². The summed E-state index contributed by atoms with van der Waals surface area (Å²) in [5, 5.41) is 9.83. The van der Waals surface area contributed by atoms with Crippen LogP contribution in [0, 0.1) is 6.92 Å². The van der Waals surface area contributed by atoms with Crippen molar-refractivity contribution in [3.8, 4) is 11.4 Å². The molecule has 2 aromatic carbocycles. The first kappa shape index (κ1) is 17.5. The molecule has 5 heteroatoms. The molecular weight excluding hydrogens is 328 g/mol. The number of benzene rings is 2. The molecule has 0 atom stereocenters. The SMILES string of the molecule is CCn1c(SCc2cccc(C)c2)nnc1-c1ccc(N(C)C)cc1. The van der Waals surface area contributed by atoms with Crippen molar-refractivity contribution in [1.29, 1.82) is 0 Å². The summed E-state index contributed by atoms with van der Waals surface area (Å²) in [6.07, 6.45) is 0. The van der Waals surface area contributed by atoms with Crippen molar-refractivity contribution in [2.45, 2.75) is 31.3 Å². The molecule has 0 aliphatic heterocycles. The lowest BCUT2D eigenvalue weighted by atomic mass is 10.2. The normalized spacial score (nSPS) is 10.9. The van der Waals surface area contributed by atoms with Crippen LogP contribution in [0.1, 0.15) is 18.1 Å². The lowest BCUT2D eigenvalue weighted by Crippen LogP contribution is -2.08. The minimum Gasteiger partial charge on any atom is -0.378 e. The van der Waals surface area contributed by atoms with Crippen LogP contribution in [0.5, 0.6) is 0 Å². The Morgan fingerprint density at radius 1 is 1.04 bits per heavy atom. The number of hydrogen-bond donors (Lipinski definition) is 0. The van der Waals surface area contributed by atoms with Gasteiger partial charge in [0.15, 0.2) is 11.0 Å². The van der Waals surface area contributed by atoms with Crippen molar-refractivity contribution in [3.63, 3.8) is 0 Å². The van der Waals surface area contributed by atoms with Gasteiger partial charge in [-0.05, 0) is 43.7 Å². The lowest BCUT2D eigenvalue weighted by Gasteiger charge is -2.13. The zero-order valence-corrected chi connectivity index (χ0v) is 16.0. The van der Waals surface area contributed by atoms with Gasteiger partial charge < -0.3 is 9.47 Å². The second kappa shape index (κ2) is 7.74. The van der Waals surface area contributed by atoms with Gasteiger partial charge in [-0.25, -0.2) is 0 Å². The van der Waals surface area contributed by atoms with Crippen LogP contribution in [0.3, 0.4) is 0 Å². The van der Waals surface area contributed by atoms with E-state index in [2.05, 4.69) is 82.0 Å². The summed E-state index contributed by atoms with van der Waals surface area (Å²) < 4.78 is 2.19. The largest absolute Gasteiger partial charge is 0.378 e. The second-order valence-corrected chi connectivity index (χ2v) is 7.21. The summed E-state index contributed by atoms with van der Waals surface area (Å²) in [6.45, 7) is 5.11. The van der Waals surface area contributed by atoms with E-state index in [0.29, 0.717) is 0 Å². The number of nitrogens with zero attached hydrogens (tertiary/aromatic N) is 4. The smallest absolute Gasteiger partial charge is 0.191 e. The zero-order valence-electron chi connectivity index (χ0n) is 15.2. The topological polar surface area (TPSA) is 34.0 Å². The number of aromatic nitrogens is 3. The molecule has 0 unspecified atom stereocenters. The second-order valence-electron chi connectivity index (χ2n) is 6.27. The summed E-state index contributed by atoms with van der Waals surface area (Å²) in [5.41, 5.74) is 4.88. The van der Waals surface area contributed by atoms with Crippen LogP contribution in [0.25, 0.3) is 11.4 Å². The first-order valence-corrected chi connectivity index (χ1v) is 9.46. The van der Waals surface area contributed by atoms with Gasteiger partial charge in [-0.2, -0.15) is 0 Å². The van der Waals surface area contributed by atoms with Crippen molar-refractivity contribution < 1.29 is 0 Å². The molecule has 3 aromatic rings. The van der Waals surface area contributed by atoms with E-state index in [0.717, 1.165) is 28.8 Å². The van der Waals surface area contributed by atoms with Gasteiger partial charge in [0.25, 0.3) is 0 Å². The van der Waals surface area contributed by atoms with Crippen LogP contribution >= 0.6 is 11.8 Å². The standard InChI is InChI=1S/C20H24N4S/c1-5-24-19(17-9-11-18(12-10-17)23(3)4)21-22-20(24)25-14-16-8-6-7-15(2)13-16/h6-13H,5,14H2,1-4H3. The van der Waals surface area contributed by atoms with E-state index in [-0.39, 0.29) is 0 Å². The van der Waals surface area contributed by atoms with E-state index in [9.17, 15) is 0 Å². The number of anilines is 1. The van der Waals surface area contributed by atoms with E-state index >= 15 is 0 Å². The number of thioether (sulfide) groups is 1. The fraction of sp³-hybridized carbons (Fsp3) is 0.300. The molecule has 0 bridgehead atoms. The maximum absolute atomic E-state index is 4.44. The van der Waals surface area contributed by atoms with Crippen LogP contribution in [0.2, 0.25) is 0 Å². The molecule has 25 heavy (non-hydrogen) atoms. The predicted octanol–water partition coefficient (Wildman–Crippen LogP) is 4.63. The monoisotopic (exact) mass is 352 g/mol. The van der Waals surface area contributed by atoms with Gasteiger partial charge in [-0.3, -0.25) is 0 Å². The first-order chi connectivity index (χ1) is 12.1. The Morgan fingerprint density at radius 3 is 2.44 bits per heavy atom. The number of aryl methyl sites for hydroxylation is 1. The Balaban J connectivity index is 1.81. The first-order valence-electron chi connectivity index (χ1n) is 8.47. The molecule has 1 aromatic heterocycles. The fourth-order valence-corrected chi connectivity index (χ4v) is 3.70. The Labute approximate surface area is 153 Å². The Morgan fingerprint density at radius 2 is 1.80 bits per heavy atom. The predicted molar refractivity (Wildman–Crippen MR) is 106 cm³/mol. The van der Waals surface area contributed by atoms with E-state index in [1.807, 2.05) is 14.1 Å². The number of rotatable bonds is 6. The van der Waals surface area contributed by atoms with Crippen molar-refractivity contribution in [1.82, 2.24) is 14.8 Å². The highest BCUT2D eigenvalue weighted by atomic mass is 32.2. The Hall–Kier alpha value is -2.27. The quantitative estimate of drug-likeness (QED) is 0.606. The minimum atomic E-state index is 0.855. The highest BCUT2D eigenvalue weighted by Gasteiger charge is 2.13. The molecular formula is C20H24N4S. The Kier molecular flexibility index (Phi) is 5.43. The minimum absolute atomic E-state index is 0.855. The summed E-state index contributed by atoms with van der Waals surface area (Å²) in [4.78, 5) is 2.09. The van der Waals surface area contributed by atoms with Crippen LogP contribution in [-0.4, -0.2) is 28.9 Å². The highest BCUT2D eigenvalue weighted by Crippen LogP contribution is 2.27. The van der Waals surface area contributed by atoms with Crippen molar-refractivity contribution >= 4 is 17.4 Å². The van der Waals surface area contributed by atoms with Crippen LogP contribution in [0.15, 0.2) is 53.7 Å². The van der Waals surface area contributed by atoms with E-state index < -0.39 is 0 Å². The molecule has 0 N–H and O–H groups in total. The van der Waals surface area contributed by atoms with Gasteiger partial charge in [0.1, 0.15) is 0 Å². The summed E-state index contributed by atoms with van der Waals surface area (Å²) >= 11 is 1.74. The average molecular weight is 353 g/mol. The summed E-state index contributed by atoms with van der Waals surface area (Å²) in [7, 11) is 4.09. The molecule has 0 saturated carbocycles. The average Bonchev–Trinajstić information content (AvgIpc) is 3.03. The van der Waals surface area contributed by atoms with Gasteiger partial charge in [-0.15, -0.1) is 10.2 Å². The molecule has 1 heterocycles. The van der Waals surface area contributed by atoms with E-state index in [4.69, 9.17) is 0 Å². The fourth-order valence-electron chi connectivity index (χ4n) is 2.75. The van der Waals surface area contributed by atoms with Gasteiger partial charge in [0.2, 0.25) is 0 Å². The van der Waals surface area contributed by atoms with Crippen LogP contribution in [0.4, 0.5) is 5.69 Å². The third-order valence-corrected chi connectivity index (χ3v) is 5.16. The molecule has 3 rings (SSSR count). The summed E-state index contributed by atoms with van der Waals surface area (Å²) in [6, 6.07) is 17.1. The van der Waals surface area contributed by atoms with Crippen molar-refractivity contribution in [2.75, 3.05) is 19.0 Å². The van der Waals surface area contributed by atoms with E-state index in [1.54, 1.807) is 11.8 Å². The molecule has 0 aliphatic rings. The van der Waals surface area contributed by atoms with Crippen LogP contribution < -0.4 is 4.90 Å². The third kappa shape index (κ3) is 4.04. The molecule has 130 valence electrons. The molecule has 0 fully saturated rings. The molecule has 0 aliphatic carbocycles. The molecule has 0 saturated heterocycles. The molecule has 0 spiro atoms. The molecule has 4 nitrogen and oxygen atoms in total. The number of hydrogen-bond acceptors (Lipinski definition) is 4. The van der Waals surface area contributed by atoms with Gasteiger partial charge in [-0.1, -0.05) is 41.6 Å². The maximum Gasteiger partial charge on any atom is 0.191 e. The maximum atomic E-state index is 4.44. The van der Waals surface area contributed by atoms with Crippen molar-refractivity contribution in [2.24, 2.45) is 0 Å². The molecule has 0 radical (unpaired) electrons. The summed E-state index contributed by atoms with van der Waals surface area (Å²) in [5.74, 6) is 1.83. The van der Waals surface area contributed by atoms with Gasteiger partial charge in [0.05, 0.1) is 0 Å². The highest BCUT2D eigenvalue weighted by molar-refractivity contribution is 7.98. The van der Waals surface area contributed by atoms with Gasteiger partial charge >= 0.3 is 0 Å². The third-order valence-electron chi connectivity index (χ3n) is 4.13. The molecule has 0 amide bonds. The van der Waals surface area contributed by atoms with E-state index in [1.165, 1.54) is 16.8 Å². The zero-order chi connectivity index (χ0) is 17.8. The lowest BCUT2D eigenvalue weighted by molar-refractivity contribution is 0.687.